The molecule has 10 aromatic rings. The molecule has 0 saturated carbocycles. The molecule has 3 heteroatoms. The van der Waals surface area contributed by atoms with Gasteiger partial charge in [0.25, 0.3) is 0 Å². The highest BCUT2D eigenvalue weighted by molar-refractivity contribution is 6.10. The maximum atomic E-state index is 5.20. The van der Waals surface area contributed by atoms with Gasteiger partial charge in [0.1, 0.15) is 5.84 Å². The molecular formula is C61H45N3. The molecule has 0 saturated heterocycles. The quantitative estimate of drug-likeness (QED) is 0.171. The van der Waals surface area contributed by atoms with Crippen molar-refractivity contribution in [3.8, 4) is 50.2 Å². The highest BCUT2D eigenvalue weighted by Crippen LogP contribution is 2.49. The SMILES string of the molecule is CC1(C)c2ccccc2-c2cc(-c3cccc(-c4ccc5c(c4)c4ccccc4n5-c4cccc(C5C=C(c6ccc(-c7ccccc7)cc6)N=C(c6ccccc6)N5)c4)c3)ccc21. The number of hydrogen-bond donors (Lipinski definition) is 1. The highest BCUT2D eigenvalue weighted by atomic mass is 15.1. The number of aromatic nitrogens is 1. The summed E-state index contributed by atoms with van der Waals surface area (Å²) in [6.07, 6.45) is 2.26. The van der Waals surface area contributed by atoms with Crippen LogP contribution in [-0.2, 0) is 5.41 Å². The molecular weight excluding hydrogens is 775 g/mol. The van der Waals surface area contributed by atoms with Gasteiger partial charge >= 0.3 is 0 Å². The molecule has 1 aliphatic carbocycles. The predicted molar refractivity (Wildman–Crippen MR) is 268 cm³/mol. The lowest BCUT2D eigenvalue weighted by Gasteiger charge is -2.25. The Morgan fingerprint density at radius 1 is 0.422 bits per heavy atom. The summed E-state index contributed by atoms with van der Waals surface area (Å²) in [5.41, 5.74) is 20.5. The number of nitrogens with one attached hydrogen (secondary N) is 1. The Kier molecular flexibility index (Phi) is 8.91. The Bertz CT molecular complexity index is 3480. The van der Waals surface area contributed by atoms with E-state index in [1.165, 1.54) is 77.4 Å². The van der Waals surface area contributed by atoms with Crippen LogP contribution in [0.4, 0.5) is 0 Å². The molecule has 1 aliphatic heterocycles. The third-order valence-corrected chi connectivity index (χ3v) is 13.5. The highest BCUT2D eigenvalue weighted by Gasteiger charge is 2.35. The van der Waals surface area contributed by atoms with Crippen LogP contribution in [0.25, 0.3) is 77.7 Å². The van der Waals surface area contributed by atoms with E-state index in [1.54, 1.807) is 0 Å². The maximum Gasteiger partial charge on any atom is 0.134 e. The largest absolute Gasteiger partial charge is 0.359 e. The van der Waals surface area contributed by atoms with Crippen LogP contribution in [0.15, 0.2) is 229 Å². The molecule has 1 N–H and O–H groups in total. The first-order chi connectivity index (χ1) is 31.5. The maximum absolute atomic E-state index is 5.20. The number of fused-ring (bicyclic) bond motifs is 6. The van der Waals surface area contributed by atoms with Gasteiger partial charge in [-0.25, -0.2) is 4.99 Å². The number of amidine groups is 1. The number of para-hydroxylation sites is 1. The van der Waals surface area contributed by atoms with Crippen molar-refractivity contribution in [1.82, 2.24) is 9.88 Å². The zero-order valence-corrected chi connectivity index (χ0v) is 35.8. The third-order valence-electron chi connectivity index (χ3n) is 13.5. The van der Waals surface area contributed by atoms with Crippen LogP contribution in [0.2, 0.25) is 0 Å². The lowest BCUT2D eigenvalue weighted by Crippen LogP contribution is -2.31. The molecule has 64 heavy (non-hydrogen) atoms. The average Bonchev–Trinajstić information content (AvgIpc) is 3.82. The molecule has 2 heterocycles. The third kappa shape index (κ3) is 6.39. The molecule has 0 amide bonds. The zero-order valence-electron chi connectivity index (χ0n) is 35.8. The first-order valence-corrected chi connectivity index (χ1v) is 22.2. The molecule has 2 aliphatic rings. The van der Waals surface area contributed by atoms with E-state index in [2.05, 4.69) is 242 Å². The van der Waals surface area contributed by atoms with E-state index in [0.717, 1.165) is 33.9 Å². The molecule has 1 aromatic heterocycles. The Morgan fingerprint density at radius 3 is 1.81 bits per heavy atom. The van der Waals surface area contributed by atoms with Crippen molar-refractivity contribution in [1.29, 1.82) is 0 Å². The zero-order chi connectivity index (χ0) is 42.8. The number of aliphatic imine (C=N–C) groups is 1. The van der Waals surface area contributed by atoms with E-state index in [-0.39, 0.29) is 11.5 Å². The number of benzene rings is 9. The molecule has 3 nitrogen and oxygen atoms in total. The molecule has 1 unspecified atom stereocenters. The second-order valence-corrected chi connectivity index (χ2v) is 17.6. The van der Waals surface area contributed by atoms with Crippen molar-refractivity contribution in [2.24, 2.45) is 4.99 Å². The van der Waals surface area contributed by atoms with Crippen molar-refractivity contribution < 1.29 is 0 Å². The summed E-state index contributed by atoms with van der Waals surface area (Å²) in [7, 11) is 0. The van der Waals surface area contributed by atoms with Gasteiger partial charge in [-0.3, -0.25) is 0 Å². The summed E-state index contributed by atoms with van der Waals surface area (Å²) >= 11 is 0. The van der Waals surface area contributed by atoms with Gasteiger partial charge in [-0.05, 0) is 115 Å². The van der Waals surface area contributed by atoms with Crippen molar-refractivity contribution in [2.75, 3.05) is 0 Å². The van der Waals surface area contributed by atoms with Crippen LogP contribution in [0.1, 0.15) is 47.7 Å². The summed E-state index contributed by atoms with van der Waals surface area (Å²) in [4.78, 5) is 5.20. The standard InChI is InChI=1S/C61H45N3/c1-61(2)54-25-11-9-23-50(54)52-37-46(31-33-55(52)61)44-19-13-20-45(35-44)47-32-34-59-53(38-47)51-24-10-12-26-58(51)64(59)49-22-14-21-48(36-49)57-39-56(62-60(63-57)43-17-7-4-8-18-43)42-29-27-41(28-30-42)40-15-5-3-6-16-40/h3-39,57H,1-2H3,(H,62,63). The minimum Gasteiger partial charge on any atom is -0.359 e. The molecule has 0 spiro atoms. The van der Waals surface area contributed by atoms with Crippen molar-refractivity contribution >= 4 is 33.3 Å². The minimum atomic E-state index is -0.102. The van der Waals surface area contributed by atoms with E-state index in [0.29, 0.717) is 0 Å². The second-order valence-electron chi connectivity index (χ2n) is 17.6. The lowest BCUT2D eigenvalue weighted by atomic mass is 9.82. The molecule has 304 valence electrons. The fourth-order valence-electron chi connectivity index (χ4n) is 10.2. The summed E-state index contributed by atoms with van der Waals surface area (Å²) in [5, 5.41) is 6.26. The first kappa shape index (κ1) is 37.7. The lowest BCUT2D eigenvalue weighted by molar-refractivity contribution is 0.660. The Morgan fingerprint density at radius 2 is 1.00 bits per heavy atom. The topological polar surface area (TPSA) is 29.3 Å². The summed E-state index contributed by atoms with van der Waals surface area (Å²) in [6.45, 7) is 4.68. The smallest absolute Gasteiger partial charge is 0.134 e. The fourth-order valence-corrected chi connectivity index (χ4v) is 10.2. The van der Waals surface area contributed by atoms with Crippen LogP contribution in [0.5, 0.6) is 0 Å². The second kappa shape index (κ2) is 15.1. The first-order valence-electron chi connectivity index (χ1n) is 22.2. The van der Waals surface area contributed by atoms with Gasteiger partial charge < -0.3 is 9.88 Å². The molecule has 0 radical (unpaired) electrons. The van der Waals surface area contributed by atoms with Crippen LogP contribution in [0, 0.1) is 0 Å². The van der Waals surface area contributed by atoms with Gasteiger partial charge in [-0.2, -0.15) is 0 Å². The predicted octanol–water partition coefficient (Wildman–Crippen LogP) is 15.2. The van der Waals surface area contributed by atoms with E-state index >= 15 is 0 Å². The minimum absolute atomic E-state index is 0.00709. The number of hydrogen-bond acceptors (Lipinski definition) is 2. The normalized spacial score (nSPS) is 15.0. The van der Waals surface area contributed by atoms with Gasteiger partial charge in [0, 0.05) is 27.4 Å². The molecule has 1 atom stereocenters. The number of nitrogens with zero attached hydrogens (tertiary/aromatic N) is 2. The van der Waals surface area contributed by atoms with Gasteiger partial charge in [-0.15, -0.1) is 0 Å². The molecule has 0 bridgehead atoms. The van der Waals surface area contributed by atoms with E-state index in [4.69, 9.17) is 4.99 Å². The molecule has 9 aromatic carbocycles. The van der Waals surface area contributed by atoms with Gasteiger partial charge in [0.2, 0.25) is 0 Å². The summed E-state index contributed by atoms with van der Waals surface area (Å²) < 4.78 is 2.42. The van der Waals surface area contributed by atoms with Gasteiger partial charge in [0.05, 0.1) is 22.8 Å². The van der Waals surface area contributed by atoms with Crippen LogP contribution in [0.3, 0.4) is 0 Å². The Hall–Kier alpha value is -8.01. The van der Waals surface area contributed by atoms with Crippen LogP contribution >= 0.6 is 0 Å². The van der Waals surface area contributed by atoms with Crippen LogP contribution in [-0.4, -0.2) is 10.4 Å². The number of rotatable bonds is 7. The van der Waals surface area contributed by atoms with Crippen molar-refractivity contribution in [2.45, 2.75) is 25.3 Å². The van der Waals surface area contributed by atoms with Crippen molar-refractivity contribution in [3.63, 3.8) is 0 Å². The van der Waals surface area contributed by atoms with Crippen LogP contribution < -0.4 is 5.32 Å². The Labute approximate surface area is 374 Å². The molecule has 0 fully saturated rings. The van der Waals surface area contributed by atoms with Gasteiger partial charge in [0.15, 0.2) is 0 Å². The molecule has 12 rings (SSSR count). The fraction of sp³-hybridized carbons (Fsp3) is 0.0656. The van der Waals surface area contributed by atoms with E-state index in [1.807, 2.05) is 6.07 Å². The Balaban J connectivity index is 0.907. The van der Waals surface area contributed by atoms with E-state index < -0.39 is 0 Å². The van der Waals surface area contributed by atoms with Gasteiger partial charge in [-0.1, -0.05) is 190 Å². The monoisotopic (exact) mass is 819 g/mol. The van der Waals surface area contributed by atoms with Crippen molar-refractivity contribution in [3.05, 3.63) is 252 Å². The average molecular weight is 820 g/mol. The summed E-state index contributed by atoms with van der Waals surface area (Å²) in [5.74, 6) is 0.861. The summed E-state index contributed by atoms with van der Waals surface area (Å²) in [6, 6.07) is 79.3. The van der Waals surface area contributed by atoms with E-state index in [9.17, 15) is 0 Å².